The van der Waals surface area contributed by atoms with Crippen LogP contribution >= 0.6 is 0 Å². The molecule has 0 spiro atoms. The average Bonchev–Trinajstić information content (AvgIpc) is 2.81. The zero-order chi connectivity index (χ0) is 23.6. The van der Waals surface area contributed by atoms with Gasteiger partial charge in [-0.3, -0.25) is 14.4 Å². The third-order valence-electron chi connectivity index (χ3n) is 4.83. The Morgan fingerprint density at radius 3 is 2.33 bits per heavy atom. The van der Waals surface area contributed by atoms with E-state index in [4.69, 9.17) is 9.47 Å². The van der Waals surface area contributed by atoms with Crippen LogP contribution in [0.1, 0.15) is 34.8 Å². The maximum atomic E-state index is 12.6. The maximum absolute atomic E-state index is 12.6. The van der Waals surface area contributed by atoms with E-state index in [0.29, 0.717) is 36.4 Å². The van der Waals surface area contributed by atoms with Crippen molar-refractivity contribution in [1.29, 1.82) is 0 Å². The highest BCUT2D eigenvalue weighted by atomic mass is 16.5. The molecule has 0 aliphatic heterocycles. The highest BCUT2D eigenvalue weighted by Gasteiger charge is 2.09. The Bertz CT molecular complexity index is 1130. The summed E-state index contributed by atoms with van der Waals surface area (Å²) in [7, 11) is 1.62. The van der Waals surface area contributed by atoms with Crippen molar-refractivity contribution in [3.05, 3.63) is 89.5 Å². The molecule has 0 heterocycles. The van der Waals surface area contributed by atoms with Crippen LogP contribution in [0.5, 0.6) is 11.5 Å². The Labute approximate surface area is 192 Å². The van der Waals surface area contributed by atoms with Gasteiger partial charge in [0.25, 0.3) is 5.91 Å². The van der Waals surface area contributed by atoms with Crippen molar-refractivity contribution in [3.8, 4) is 11.5 Å². The zero-order valence-electron chi connectivity index (χ0n) is 18.6. The van der Waals surface area contributed by atoms with E-state index < -0.39 is 5.97 Å². The van der Waals surface area contributed by atoms with Crippen molar-refractivity contribution in [2.45, 2.75) is 26.3 Å². The summed E-state index contributed by atoms with van der Waals surface area (Å²) >= 11 is 0. The molecule has 0 saturated carbocycles. The molecule has 33 heavy (non-hydrogen) atoms. The van der Waals surface area contributed by atoms with Gasteiger partial charge in [-0.2, -0.15) is 0 Å². The molecular formula is C26H26N2O5. The monoisotopic (exact) mass is 446 g/mol. The lowest BCUT2D eigenvalue weighted by Crippen LogP contribution is -2.23. The minimum atomic E-state index is -0.452. The number of methoxy groups -OCH3 is 1. The minimum Gasteiger partial charge on any atom is -0.497 e. The van der Waals surface area contributed by atoms with Gasteiger partial charge in [0.15, 0.2) is 0 Å². The lowest BCUT2D eigenvalue weighted by atomic mass is 10.1. The summed E-state index contributed by atoms with van der Waals surface area (Å²) in [6.45, 7) is 1.66. The number of anilines is 1. The number of aryl methyl sites for hydroxylation is 1. The molecule has 3 aromatic carbocycles. The van der Waals surface area contributed by atoms with E-state index in [9.17, 15) is 14.4 Å². The second-order valence-corrected chi connectivity index (χ2v) is 7.40. The van der Waals surface area contributed by atoms with E-state index in [0.717, 1.165) is 16.9 Å². The molecular weight excluding hydrogens is 420 g/mol. The van der Waals surface area contributed by atoms with Crippen LogP contribution in [0.2, 0.25) is 0 Å². The lowest BCUT2D eigenvalue weighted by Gasteiger charge is -2.10. The van der Waals surface area contributed by atoms with E-state index in [-0.39, 0.29) is 11.8 Å². The molecule has 2 N–H and O–H groups in total. The number of ether oxygens (including phenoxy) is 2. The quantitative estimate of drug-likeness (QED) is 0.381. The maximum Gasteiger partial charge on any atom is 0.308 e. The summed E-state index contributed by atoms with van der Waals surface area (Å²) < 4.78 is 10.2. The predicted molar refractivity (Wildman–Crippen MR) is 125 cm³/mol. The number of carbonyl (C=O) groups is 3. The first-order valence-corrected chi connectivity index (χ1v) is 10.5. The summed E-state index contributed by atoms with van der Waals surface area (Å²) in [6.07, 6.45) is 1.01. The molecule has 0 aromatic heterocycles. The third-order valence-corrected chi connectivity index (χ3v) is 4.83. The second kappa shape index (κ2) is 11.5. The van der Waals surface area contributed by atoms with Crippen LogP contribution in [0, 0.1) is 0 Å². The Kier molecular flexibility index (Phi) is 8.18. The lowest BCUT2D eigenvalue weighted by molar-refractivity contribution is -0.131. The van der Waals surface area contributed by atoms with Gasteiger partial charge in [0.1, 0.15) is 11.5 Å². The number of carbonyl (C=O) groups excluding carboxylic acids is 3. The summed E-state index contributed by atoms with van der Waals surface area (Å²) in [5.74, 6) is 0.257. The zero-order valence-corrected chi connectivity index (χ0v) is 18.6. The van der Waals surface area contributed by atoms with Crippen molar-refractivity contribution in [2.24, 2.45) is 0 Å². The third kappa shape index (κ3) is 7.50. The molecule has 0 unspecified atom stereocenters. The number of benzene rings is 3. The predicted octanol–water partition coefficient (Wildman–Crippen LogP) is 4.12. The van der Waals surface area contributed by atoms with E-state index in [1.165, 1.54) is 13.0 Å². The van der Waals surface area contributed by atoms with Crippen molar-refractivity contribution < 1.29 is 23.9 Å². The molecule has 0 atom stereocenters. The largest absolute Gasteiger partial charge is 0.497 e. The van der Waals surface area contributed by atoms with Crippen molar-refractivity contribution in [2.75, 3.05) is 12.4 Å². The van der Waals surface area contributed by atoms with E-state index in [1.54, 1.807) is 37.4 Å². The molecule has 0 aliphatic carbocycles. The normalized spacial score (nSPS) is 10.2. The summed E-state index contributed by atoms with van der Waals surface area (Å²) in [5, 5.41) is 5.73. The van der Waals surface area contributed by atoms with Gasteiger partial charge >= 0.3 is 5.97 Å². The van der Waals surface area contributed by atoms with Crippen molar-refractivity contribution in [1.82, 2.24) is 5.32 Å². The van der Waals surface area contributed by atoms with Gasteiger partial charge in [0.05, 0.1) is 7.11 Å². The second-order valence-electron chi connectivity index (χ2n) is 7.40. The minimum absolute atomic E-state index is 0.0532. The highest BCUT2D eigenvalue weighted by Crippen LogP contribution is 2.17. The number of amides is 2. The summed E-state index contributed by atoms with van der Waals surface area (Å²) in [5.41, 5.74) is 2.89. The summed E-state index contributed by atoms with van der Waals surface area (Å²) in [6, 6.07) is 21.3. The smallest absolute Gasteiger partial charge is 0.308 e. The van der Waals surface area contributed by atoms with Crippen LogP contribution in [0.25, 0.3) is 0 Å². The Balaban J connectivity index is 1.51. The van der Waals surface area contributed by atoms with Crippen LogP contribution in [0.15, 0.2) is 72.8 Å². The molecule has 0 bridgehead atoms. The molecule has 3 aromatic rings. The molecule has 0 aliphatic rings. The van der Waals surface area contributed by atoms with Crippen LogP contribution in [-0.4, -0.2) is 24.9 Å². The van der Waals surface area contributed by atoms with Gasteiger partial charge in [0.2, 0.25) is 5.91 Å². The number of hydrogen-bond donors (Lipinski definition) is 2. The van der Waals surface area contributed by atoms with Crippen molar-refractivity contribution in [3.63, 3.8) is 0 Å². The van der Waals surface area contributed by atoms with Gasteiger partial charge < -0.3 is 20.1 Å². The fourth-order valence-corrected chi connectivity index (χ4v) is 3.17. The first-order valence-electron chi connectivity index (χ1n) is 10.5. The van der Waals surface area contributed by atoms with E-state index >= 15 is 0 Å². The van der Waals surface area contributed by atoms with Crippen LogP contribution in [0.3, 0.4) is 0 Å². The fraction of sp³-hybridized carbons (Fsp3) is 0.192. The Hall–Kier alpha value is -4.13. The first-order chi connectivity index (χ1) is 15.9. The van der Waals surface area contributed by atoms with Gasteiger partial charge in [-0.15, -0.1) is 0 Å². The van der Waals surface area contributed by atoms with Gasteiger partial charge in [-0.05, 0) is 60.0 Å². The fourth-order valence-electron chi connectivity index (χ4n) is 3.17. The van der Waals surface area contributed by atoms with E-state index in [2.05, 4.69) is 10.6 Å². The van der Waals surface area contributed by atoms with Gasteiger partial charge in [0, 0.05) is 31.1 Å². The van der Waals surface area contributed by atoms with Crippen LogP contribution in [-0.2, 0) is 22.6 Å². The van der Waals surface area contributed by atoms with Crippen molar-refractivity contribution >= 4 is 23.5 Å². The molecule has 0 saturated heterocycles. The molecule has 170 valence electrons. The molecule has 7 heteroatoms. The summed E-state index contributed by atoms with van der Waals surface area (Å²) in [4.78, 5) is 35.9. The number of hydrogen-bond acceptors (Lipinski definition) is 5. The Morgan fingerprint density at radius 2 is 1.61 bits per heavy atom. The number of nitrogens with one attached hydrogen (secondary N) is 2. The van der Waals surface area contributed by atoms with Gasteiger partial charge in [-0.1, -0.05) is 30.3 Å². The number of rotatable bonds is 9. The van der Waals surface area contributed by atoms with Crippen LogP contribution in [0.4, 0.5) is 5.69 Å². The highest BCUT2D eigenvalue weighted by molar-refractivity contribution is 6.04. The standard InChI is InChI=1S/C26H26N2O5/c1-18(29)33-24-8-4-6-21(16-24)26(31)28-22-7-3-5-20(15-22)17-27-25(30)14-11-19-9-12-23(32-2)13-10-19/h3-10,12-13,15-16H,11,14,17H2,1-2H3,(H,27,30)(H,28,31). The topological polar surface area (TPSA) is 93.7 Å². The molecule has 0 radical (unpaired) electrons. The Morgan fingerprint density at radius 1 is 0.848 bits per heavy atom. The first kappa shape index (κ1) is 23.5. The van der Waals surface area contributed by atoms with Crippen LogP contribution < -0.4 is 20.1 Å². The molecule has 3 rings (SSSR count). The SMILES string of the molecule is COc1ccc(CCC(=O)NCc2cccc(NC(=O)c3cccc(OC(C)=O)c3)c2)cc1. The van der Waals surface area contributed by atoms with Gasteiger partial charge in [-0.25, -0.2) is 0 Å². The molecule has 2 amide bonds. The molecule has 7 nitrogen and oxygen atoms in total. The molecule has 0 fully saturated rings. The van der Waals surface area contributed by atoms with E-state index in [1.807, 2.05) is 36.4 Å². The number of esters is 1. The average molecular weight is 447 g/mol.